The Kier molecular flexibility index (Phi) is 6.60. The number of amides is 1. The van der Waals surface area contributed by atoms with Gasteiger partial charge in [0.15, 0.2) is 9.84 Å². The average Bonchev–Trinajstić information content (AvgIpc) is 2.84. The molecule has 0 bridgehead atoms. The van der Waals surface area contributed by atoms with Crippen LogP contribution in [-0.4, -0.2) is 55.3 Å². The minimum atomic E-state index is -3.61. The Morgan fingerprint density at radius 1 is 1.00 bits per heavy atom. The third-order valence-electron chi connectivity index (χ3n) is 6.91. The first-order chi connectivity index (χ1) is 17.3. The molecule has 2 heterocycles. The topological polar surface area (TPSA) is 70.6 Å². The molecule has 7 heteroatoms. The number of carbonyl (C=O) groups is 1. The lowest BCUT2D eigenvalue weighted by atomic mass is 10.0. The summed E-state index contributed by atoms with van der Waals surface area (Å²) in [7, 11) is -1.52. The van der Waals surface area contributed by atoms with E-state index in [2.05, 4.69) is 29.1 Å². The van der Waals surface area contributed by atoms with Crippen molar-refractivity contribution in [3.05, 3.63) is 107 Å². The van der Waals surface area contributed by atoms with E-state index in [4.69, 9.17) is 0 Å². The summed E-state index contributed by atoms with van der Waals surface area (Å²) >= 11 is 0. The molecule has 184 valence electrons. The SMILES string of the molecule is Cc1cc(C(=O)N2CC(N(C)Cc3ccccc3)C2)ccc1CS(=O)(=O)c1cccc2cccnc12. The highest BCUT2D eigenvalue weighted by Gasteiger charge is 2.34. The van der Waals surface area contributed by atoms with Crippen LogP contribution < -0.4 is 0 Å². The summed E-state index contributed by atoms with van der Waals surface area (Å²) in [6.07, 6.45) is 1.60. The first-order valence-electron chi connectivity index (χ1n) is 12.0. The molecule has 5 rings (SSSR count). The fraction of sp³-hybridized carbons (Fsp3) is 0.241. The smallest absolute Gasteiger partial charge is 0.253 e. The molecule has 1 amide bonds. The molecule has 0 spiro atoms. The van der Waals surface area contributed by atoms with Crippen LogP contribution in [0.5, 0.6) is 0 Å². The van der Waals surface area contributed by atoms with Crippen LogP contribution in [0.25, 0.3) is 10.9 Å². The van der Waals surface area contributed by atoms with Crippen LogP contribution in [0.4, 0.5) is 0 Å². The second kappa shape index (κ2) is 9.84. The fourth-order valence-electron chi connectivity index (χ4n) is 4.68. The van der Waals surface area contributed by atoms with Crippen LogP contribution in [0, 0.1) is 6.92 Å². The fourth-order valence-corrected chi connectivity index (χ4v) is 6.32. The summed E-state index contributed by atoms with van der Waals surface area (Å²) in [6, 6.07) is 24.8. The molecule has 0 aliphatic carbocycles. The predicted octanol–water partition coefficient (Wildman–Crippen LogP) is 4.47. The van der Waals surface area contributed by atoms with Gasteiger partial charge in [0.05, 0.1) is 16.2 Å². The minimum absolute atomic E-state index is 0.0184. The molecule has 6 nitrogen and oxygen atoms in total. The Bertz CT molecular complexity index is 1510. The number of aromatic nitrogens is 1. The zero-order valence-corrected chi connectivity index (χ0v) is 21.3. The van der Waals surface area contributed by atoms with Crippen LogP contribution in [-0.2, 0) is 22.1 Å². The van der Waals surface area contributed by atoms with Crippen molar-refractivity contribution in [1.82, 2.24) is 14.8 Å². The van der Waals surface area contributed by atoms with Crippen LogP contribution in [0.3, 0.4) is 0 Å². The van der Waals surface area contributed by atoms with Gasteiger partial charge in [-0.05, 0) is 54.9 Å². The standard InChI is InChI=1S/C29H29N3O3S/c1-21-16-24(29(33)32-18-26(19-32)31(2)17-22-8-4-3-5-9-22)13-14-25(21)20-36(34,35)27-12-6-10-23-11-7-15-30-28(23)27/h3-16,26H,17-20H2,1-2H3. The second-order valence-electron chi connectivity index (χ2n) is 9.50. The number of likely N-dealkylation sites (N-methyl/N-ethyl adjacent to an activating group) is 1. The van der Waals surface area contributed by atoms with E-state index >= 15 is 0 Å². The second-order valence-corrected chi connectivity index (χ2v) is 11.5. The summed E-state index contributed by atoms with van der Waals surface area (Å²) < 4.78 is 26.5. The molecule has 1 aliphatic rings. The summed E-state index contributed by atoms with van der Waals surface area (Å²) in [5.41, 5.74) is 3.79. The number of hydrogen-bond acceptors (Lipinski definition) is 5. The molecule has 1 aliphatic heterocycles. The van der Waals surface area contributed by atoms with Crippen molar-refractivity contribution in [3.8, 4) is 0 Å². The van der Waals surface area contributed by atoms with Crippen molar-refractivity contribution in [2.45, 2.75) is 30.2 Å². The van der Waals surface area contributed by atoms with Gasteiger partial charge in [0.25, 0.3) is 5.91 Å². The van der Waals surface area contributed by atoms with E-state index in [1.807, 2.05) is 42.2 Å². The summed E-state index contributed by atoms with van der Waals surface area (Å²) in [5, 5.41) is 0.790. The number of aryl methyl sites for hydroxylation is 1. The summed E-state index contributed by atoms with van der Waals surface area (Å²) in [4.78, 5) is 21.7. The van der Waals surface area contributed by atoms with Crippen LogP contribution >= 0.6 is 0 Å². The molecule has 0 N–H and O–H groups in total. The van der Waals surface area contributed by atoms with Gasteiger partial charge in [-0.2, -0.15) is 0 Å². The van der Waals surface area contributed by atoms with Crippen molar-refractivity contribution in [2.24, 2.45) is 0 Å². The highest BCUT2D eigenvalue weighted by Crippen LogP contribution is 2.26. The van der Waals surface area contributed by atoms with Crippen molar-refractivity contribution < 1.29 is 13.2 Å². The average molecular weight is 500 g/mol. The van der Waals surface area contributed by atoms with E-state index in [1.165, 1.54) is 5.56 Å². The van der Waals surface area contributed by atoms with E-state index in [9.17, 15) is 13.2 Å². The van der Waals surface area contributed by atoms with Crippen molar-refractivity contribution >= 4 is 26.6 Å². The van der Waals surface area contributed by atoms with Gasteiger partial charge in [-0.15, -0.1) is 0 Å². The maximum absolute atomic E-state index is 13.3. The number of para-hydroxylation sites is 1. The Hall–Kier alpha value is -3.55. The number of hydrogen-bond donors (Lipinski definition) is 0. The Balaban J connectivity index is 1.25. The summed E-state index contributed by atoms with van der Waals surface area (Å²) in [5.74, 6) is -0.158. The Morgan fingerprint density at radius 3 is 2.50 bits per heavy atom. The number of nitrogens with zero attached hydrogens (tertiary/aromatic N) is 3. The lowest BCUT2D eigenvalue weighted by Crippen LogP contribution is -2.59. The molecule has 1 saturated heterocycles. The van der Waals surface area contributed by atoms with E-state index in [1.54, 1.807) is 42.6 Å². The van der Waals surface area contributed by atoms with E-state index in [0.717, 1.165) is 17.5 Å². The number of carbonyl (C=O) groups excluding carboxylic acids is 1. The minimum Gasteiger partial charge on any atom is -0.335 e. The van der Waals surface area contributed by atoms with Gasteiger partial charge in [0.2, 0.25) is 0 Å². The first kappa shape index (κ1) is 24.2. The third-order valence-corrected chi connectivity index (χ3v) is 8.60. The van der Waals surface area contributed by atoms with Crippen LogP contribution in [0.15, 0.2) is 90.0 Å². The van der Waals surface area contributed by atoms with Crippen molar-refractivity contribution in [2.75, 3.05) is 20.1 Å². The highest BCUT2D eigenvalue weighted by molar-refractivity contribution is 7.90. The summed E-state index contributed by atoms with van der Waals surface area (Å²) in [6.45, 7) is 4.08. The predicted molar refractivity (Wildman–Crippen MR) is 141 cm³/mol. The third kappa shape index (κ3) is 4.90. The van der Waals surface area contributed by atoms with Crippen LogP contribution in [0.2, 0.25) is 0 Å². The molecule has 3 aromatic carbocycles. The van der Waals surface area contributed by atoms with Crippen molar-refractivity contribution in [1.29, 1.82) is 0 Å². The number of rotatable bonds is 7. The van der Waals surface area contributed by atoms with E-state index in [-0.39, 0.29) is 16.6 Å². The van der Waals surface area contributed by atoms with Gasteiger partial charge in [0.1, 0.15) is 0 Å². The maximum Gasteiger partial charge on any atom is 0.253 e. The molecule has 36 heavy (non-hydrogen) atoms. The van der Waals surface area contributed by atoms with E-state index < -0.39 is 9.84 Å². The molecule has 0 saturated carbocycles. The molecule has 0 unspecified atom stereocenters. The number of benzene rings is 3. The number of pyridine rings is 1. The number of sulfone groups is 1. The quantitative estimate of drug-likeness (QED) is 0.375. The number of likely N-dealkylation sites (tertiary alicyclic amines) is 1. The molecular formula is C29H29N3O3S. The Morgan fingerprint density at radius 2 is 1.75 bits per heavy atom. The largest absolute Gasteiger partial charge is 0.335 e. The van der Waals surface area contributed by atoms with Gasteiger partial charge in [-0.25, -0.2) is 8.42 Å². The molecule has 4 aromatic rings. The van der Waals surface area contributed by atoms with Gasteiger partial charge < -0.3 is 4.90 Å². The van der Waals surface area contributed by atoms with E-state index in [0.29, 0.717) is 35.8 Å². The zero-order valence-electron chi connectivity index (χ0n) is 20.5. The van der Waals surface area contributed by atoms with Gasteiger partial charge in [0, 0.05) is 42.8 Å². The highest BCUT2D eigenvalue weighted by atomic mass is 32.2. The zero-order chi connectivity index (χ0) is 25.3. The molecule has 1 fully saturated rings. The maximum atomic E-state index is 13.3. The Labute approximate surface area is 212 Å². The number of fused-ring (bicyclic) bond motifs is 1. The van der Waals surface area contributed by atoms with Gasteiger partial charge in [-0.3, -0.25) is 14.7 Å². The lowest BCUT2D eigenvalue weighted by Gasteiger charge is -2.44. The first-order valence-corrected chi connectivity index (χ1v) is 13.7. The van der Waals surface area contributed by atoms with Gasteiger partial charge in [-0.1, -0.05) is 54.6 Å². The van der Waals surface area contributed by atoms with Crippen LogP contribution in [0.1, 0.15) is 27.0 Å². The normalized spacial score (nSPS) is 14.2. The molecule has 0 radical (unpaired) electrons. The molecular weight excluding hydrogens is 470 g/mol. The lowest BCUT2D eigenvalue weighted by molar-refractivity contribution is 0.0321. The van der Waals surface area contributed by atoms with Gasteiger partial charge >= 0.3 is 0 Å². The molecule has 0 atom stereocenters. The van der Waals surface area contributed by atoms with Crippen molar-refractivity contribution in [3.63, 3.8) is 0 Å². The monoisotopic (exact) mass is 499 g/mol. The molecule has 1 aromatic heterocycles.